The molecule has 4 heteroatoms. The fourth-order valence-corrected chi connectivity index (χ4v) is 4.48. The molecule has 1 saturated carbocycles. The molecule has 24 heavy (non-hydrogen) atoms. The van der Waals surface area contributed by atoms with Crippen molar-refractivity contribution in [2.45, 2.75) is 43.2 Å². The van der Waals surface area contributed by atoms with Crippen molar-refractivity contribution in [1.82, 2.24) is 10.6 Å². The van der Waals surface area contributed by atoms with E-state index in [-0.39, 0.29) is 29.4 Å². The van der Waals surface area contributed by atoms with Gasteiger partial charge in [-0.25, -0.2) is 0 Å². The van der Waals surface area contributed by atoms with Gasteiger partial charge in [-0.1, -0.05) is 30.3 Å². The van der Waals surface area contributed by atoms with Crippen LogP contribution in [0.3, 0.4) is 0 Å². The van der Waals surface area contributed by atoms with E-state index in [1.54, 1.807) is 6.08 Å². The summed E-state index contributed by atoms with van der Waals surface area (Å²) < 4.78 is 6.28. The second-order valence-electron chi connectivity index (χ2n) is 7.30. The summed E-state index contributed by atoms with van der Waals surface area (Å²) >= 11 is 0. The lowest BCUT2D eigenvalue weighted by Gasteiger charge is -2.41. The summed E-state index contributed by atoms with van der Waals surface area (Å²) in [5.41, 5.74) is 2.59. The van der Waals surface area contributed by atoms with Crippen molar-refractivity contribution in [3.8, 4) is 0 Å². The van der Waals surface area contributed by atoms with Crippen molar-refractivity contribution in [2.75, 3.05) is 19.7 Å². The van der Waals surface area contributed by atoms with E-state index in [1.165, 1.54) is 11.1 Å². The Labute approximate surface area is 143 Å². The van der Waals surface area contributed by atoms with Crippen LogP contribution in [0.2, 0.25) is 0 Å². The first-order chi connectivity index (χ1) is 11.8. The van der Waals surface area contributed by atoms with Crippen LogP contribution < -0.4 is 10.6 Å². The Morgan fingerprint density at radius 3 is 2.79 bits per heavy atom. The summed E-state index contributed by atoms with van der Waals surface area (Å²) in [5.74, 6) is 0.398. The van der Waals surface area contributed by atoms with Gasteiger partial charge >= 0.3 is 0 Å². The van der Waals surface area contributed by atoms with Gasteiger partial charge in [0.15, 0.2) is 0 Å². The first-order valence-electron chi connectivity index (χ1n) is 9.09. The number of hydrogen-bond acceptors (Lipinski definition) is 3. The minimum atomic E-state index is -0.0488. The molecule has 1 aliphatic heterocycles. The van der Waals surface area contributed by atoms with E-state index in [0.29, 0.717) is 6.61 Å². The lowest BCUT2D eigenvalue weighted by atomic mass is 9.72. The highest BCUT2D eigenvalue weighted by Gasteiger charge is 2.53. The number of benzene rings is 1. The van der Waals surface area contributed by atoms with Gasteiger partial charge in [0, 0.05) is 11.3 Å². The molecule has 0 radical (unpaired) electrons. The highest BCUT2D eigenvalue weighted by molar-refractivity contribution is 5.81. The van der Waals surface area contributed by atoms with E-state index < -0.39 is 0 Å². The molecule has 1 amide bonds. The number of ether oxygens (including phenoxy) is 1. The van der Waals surface area contributed by atoms with Gasteiger partial charge in [0.2, 0.25) is 5.91 Å². The Hall–Kier alpha value is -1.65. The van der Waals surface area contributed by atoms with Gasteiger partial charge in [-0.2, -0.15) is 0 Å². The molecule has 1 spiro atoms. The number of amides is 1. The third kappa shape index (κ3) is 2.58. The van der Waals surface area contributed by atoms with Gasteiger partial charge in [-0.3, -0.25) is 4.79 Å². The quantitative estimate of drug-likeness (QED) is 0.817. The number of fused-ring (bicyclic) bond motifs is 2. The second kappa shape index (κ2) is 6.34. The normalized spacial score (nSPS) is 27.7. The van der Waals surface area contributed by atoms with Crippen LogP contribution in [-0.2, 0) is 14.9 Å². The van der Waals surface area contributed by atoms with Gasteiger partial charge < -0.3 is 15.4 Å². The van der Waals surface area contributed by atoms with Crippen LogP contribution in [0.1, 0.15) is 42.9 Å². The topological polar surface area (TPSA) is 50.4 Å². The molecule has 1 aromatic rings. The predicted octanol–water partition coefficient (Wildman–Crippen LogP) is 2.46. The van der Waals surface area contributed by atoms with Gasteiger partial charge in [-0.05, 0) is 49.9 Å². The standard InChI is InChI=1S/C20H26N2O2/c1-2-13-24-18-17(22-19(23)14-7-8-14)15-5-3-4-6-16(15)20(18)9-11-21-12-10-20/h2-6,14,17-18,21H,1,7-13H2,(H,22,23)/t17-,18+/m1/s1. The van der Waals surface area contributed by atoms with Gasteiger partial charge in [-0.15, -0.1) is 6.58 Å². The summed E-state index contributed by atoms with van der Waals surface area (Å²) in [4.78, 5) is 12.5. The number of carbonyl (C=O) groups excluding carboxylic acids is 1. The van der Waals surface area contributed by atoms with Crippen LogP contribution in [0, 0.1) is 5.92 Å². The third-order valence-electron chi connectivity index (χ3n) is 5.81. The third-order valence-corrected chi connectivity index (χ3v) is 5.81. The number of carbonyl (C=O) groups is 1. The second-order valence-corrected chi connectivity index (χ2v) is 7.30. The minimum Gasteiger partial charge on any atom is -0.371 e. The molecule has 4 nitrogen and oxygen atoms in total. The molecule has 1 aromatic carbocycles. The van der Waals surface area contributed by atoms with E-state index in [9.17, 15) is 4.79 Å². The van der Waals surface area contributed by atoms with E-state index in [4.69, 9.17) is 4.74 Å². The first-order valence-corrected chi connectivity index (χ1v) is 9.09. The first kappa shape index (κ1) is 15.9. The zero-order valence-electron chi connectivity index (χ0n) is 14.1. The maximum absolute atomic E-state index is 12.5. The van der Waals surface area contributed by atoms with Crippen LogP contribution in [0.25, 0.3) is 0 Å². The monoisotopic (exact) mass is 326 g/mol. The van der Waals surface area contributed by atoms with Crippen molar-refractivity contribution in [1.29, 1.82) is 0 Å². The zero-order chi connectivity index (χ0) is 16.6. The molecule has 2 atom stereocenters. The van der Waals surface area contributed by atoms with Crippen LogP contribution in [0.5, 0.6) is 0 Å². The molecule has 3 aliphatic rings. The maximum atomic E-state index is 12.5. The van der Waals surface area contributed by atoms with E-state index in [0.717, 1.165) is 38.8 Å². The minimum absolute atomic E-state index is 0.00759. The maximum Gasteiger partial charge on any atom is 0.223 e. The van der Waals surface area contributed by atoms with Crippen LogP contribution >= 0.6 is 0 Å². The van der Waals surface area contributed by atoms with E-state index in [2.05, 4.69) is 41.5 Å². The Morgan fingerprint density at radius 1 is 1.33 bits per heavy atom. The van der Waals surface area contributed by atoms with Crippen molar-refractivity contribution >= 4 is 5.91 Å². The molecule has 2 N–H and O–H groups in total. The fourth-order valence-electron chi connectivity index (χ4n) is 4.48. The smallest absolute Gasteiger partial charge is 0.223 e. The van der Waals surface area contributed by atoms with E-state index in [1.807, 2.05) is 0 Å². The Bertz CT molecular complexity index is 632. The lowest BCUT2D eigenvalue weighted by Crippen LogP contribution is -2.50. The zero-order valence-corrected chi connectivity index (χ0v) is 14.1. The molecule has 0 unspecified atom stereocenters. The summed E-state index contributed by atoms with van der Waals surface area (Å²) in [6.07, 6.45) is 5.92. The average molecular weight is 326 g/mol. The summed E-state index contributed by atoms with van der Waals surface area (Å²) in [6, 6.07) is 8.52. The Balaban J connectivity index is 1.72. The predicted molar refractivity (Wildman–Crippen MR) is 93.8 cm³/mol. The SMILES string of the molecule is C=CCO[C@H]1[C@H](NC(=O)C2CC2)c2ccccc2C12CCNCC2. The Kier molecular flexibility index (Phi) is 4.19. The molecule has 128 valence electrons. The summed E-state index contributed by atoms with van der Waals surface area (Å²) in [7, 11) is 0. The molecular weight excluding hydrogens is 300 g/mol. The number of piperidine rings is 1. The molecule has 0 bridgehead atoms. The average Bonchev–Trinajstić information content (AvgIpc) is 3.44. The number of nitrogens with one attached hydrogen (secondary N) is 2. The fraction of sp³-hybridized carbons (Fsp3) is 0.550. The molecule has 2 aliphatic carbocycles. The van der Waals surface area contributed by atoms with Crippen LogP contribution in [-0.4, -0.2) is 31.7 Å². The van der Waals surface area contributed by atoms with Crippen LogP contribution in [0.15, 0.2) is 36.9 Å². The number of rotatable bonds is 5. The van der Waals surface area contributed by atoms with E-state index >= 15 is 0 Å². The highest BCUT2D eigenvalue weighted by Crippen LogP contribution is 2.51. The van der Waals surface area contributed by atoms with Gasteiger partial charge in [0.25, 0.3) is 0 Å². The molecule has 4 rings (SSSR count). The van der Waals surface area contributed by atoms with Crippen molar-refractivity contribution in [3.05, 3.63) is 48.0 Å². The number of hydrogen-bond donors (Lipinski definition) is 2. The molecule has 2 fully saturated rings. The Morgan fingerprint density at radius 2 is 2.08 bits per heavy atom. The lowest BCUT2D eigenvalue weighted by molar-refractivity contribution is -0.124. The largest absolute Gasteiger partial charge is 0.371 e. The van der Waals surface area contributed by atoms with Gasteiger partial charge in [0.05, 0.1) is 18.8 Å². The van der Waals surface area contributed by atoms with Crippen LogP contribution in [0.4, 0.5) is 0 Å². The van der Waals surface area contributed by atoms with Gasteiger partial charge in [0.1, 0.15) is 0 Å². The highest BCUT2D eigenvalue weighted by atomic mass is 16.5. The summed E-state index contributed by atoms with van der Waals surface area (Å²) in [5, 5.41) is 6.77. The van der Waals surface area contributed by atoms with Crippen molar-refractivity contribution in [2.24, 2.45) is 5.92 Å². The molecule has 1 heterocycles. The summed E-state index contributed by atoms with van der Waals surface area (Å²) in [6.45, 7) is 6.30. The van der Waals surface area contributed by atoms with Crippen molar-refractivity contribution in [3.63, 3.8) is 0 Å². The van der Waals surface area contributed by atoms with Crippen molar-refractivity contribution < 1.29 is 9.53 Å². The molecule has 0 aromatic heterocycles. The molecular formula is C20H26N2O2. The molecule has 1 saturated heterocycles.